The van der Waals surface area contributed by atoms with E-state index in [1.165, 1.54) is 6.42 Å². The SMILES string of the molecule is CCCNC1C(Oc2ccc(Cl)c(C)c2)CCC1(C)C. The van der Waals surface area contributed by atoms with Gasteiger partial charge in [-0.2, -0.15) is 0 Å². The molecule has 0 radical (unpaired) electrons. The first-order chi connectivity index (χ1) is 9.44. The molecule has 0 heterocycles. The molecule has 1 N–H and O–H groups in total. The molecule has 2 nitrogen and oxygen atoms in total. The molecule has 2 unspecified atom stereocenters. The van der Waals surface area contributed by atoms with E-state index in [9.17, 15) is 0 Å². The molecule has 0 aromatic heterocycles. The summed E-state index contributed by atoms with van der Waals surface area (Å²) in [5.74, 6) is 0.929. The Morgan fingerprint density at radius 2 is 2.15 bits per heavy atom. The lowest BCUT2D eigenvalue weighted by atomic mass is 9.87. The van der Waals surface area contributed by atoms with Crippen LogP contribution in [0.5, 0.6) is 5.75 Å². The fraction of sp³-hybridized carbons (Fsp3) is 0.647. The van der Waals surface area contributed by atoms with Crippen LogP contribution < -0.4 is 10.1 Å². The lowest BCUT2D eigenvalue weighted by Gasteiger charge is -2.31. The summed E-state index contributed by atoms with van der Waals surface area (Å²) in [5.41, 5.74) is 1.36. The molecule has 1 aliphatic rings. The van der Waals surface area contributed by atoms with Crippen molar-refractivity contribution in [3.63, 3.8) is 0 Å². The molecule has 20 heavy (non-hydrogen) atoms. The van der Waals surface area contributed by atoms with Gasteiger partial charge in [-0.1, -0.05) is 32.4 Å². The van der Waals surface area contributed by atoms with Crippen molar-refractivity contribution in [1.82, 2.24) is 5.32 Å². The number of benzene rings is 1. The summed E-state index contributed by atoms with van der Waals surface area (Å²) in [6, 6.07) is 6.33. The van der Waals surface area contributed by atoms with Gasteiger partial charge in [-0.05, 0) is 61.9 Å². The highest BCUT2D eigenvalue weighted by atomic mass is 35.5. The zero-order valence-corrected chi connectivity index (χ0v) is 13.8. The summed E-state index contributed by atoms with van der Waals surface area (Å²) in [4.78, 5) is 0. The summed E-state index contributed by atoms with van der Waals surface area (Å²) in [5, 5.41) is 4.46. The topological polar surface area (TPSA) is 21.3 Å². The predicted octanol–water partition coefficient (Wildman–Crippen LogP) is 4.58. The molecule has 112 valence electrons. The average Bonchev–Trinajstić information content (AvgIpc) is 2.67. The molecule has 1 saturated carbocycles. The maximum Gasteiger partial charge on any atom is 0.120 e. The Balaban J connectivity index is 2.08. The molecule has 0 saturated heterocycles. The van der Waals surface area contributed by atoms with E-state index in [-0.39, 0.29) is 6.10 Å². The van der Waals surface area contributed by atoms with Gasteiger partial charge in [0, 0.05) is 11.1 Å². The molecule has 1 aromatic carbocycles. The molecule has 0 aliphatic heterocycles. The quantitative estimate of drug-likeness (QED) is 0.858. The third-order valence-corrected chi connectivity index (χ3v) is 4.74. The normalized spacial score (nSPS) is 24.9. The van der Waals surface area contributed by atoms with Crippen LogP contribution in [0, 0.1) is 12.3 Å². The summed E-state index contributed by atoms with van der Waals surface area (Å²) < 4.78 is 6.24. The predicted molar refractivity (Wildman–Crippen MR) is 85.7 cm³/mol. The van der Waals surface area contributed by atoms with Crippen LogP contribution in [0.4, 0.5) is 0 Å². The minimum Gasteiger partial charge on any atom is -0.489 e. The van der Waals surface area contributed by atoms with Crippen molar-refractivity contribution < 1.29 is 4.74 Å². The fourth-order valence-corrected chi connectivity index (χ4v) is 3.16. The lowest BCUT2D eigenvalue weighted by molar-refractivity contribution is 0.140. The van der Waals surface area contributed by atoms with E-state index in [1.54, 1.807) is 0 Å². The average molecular weight is 296 g/mol. The monoisotopic (exact) mass is 295 g/mol. The molecular weight excluding hydrogens is 270 g/mol. The Morgan fingerprint density at radius 3 is 2.80 bits per heavy atom. The zero-order chi connectivity index (χ0) is 14.8. The van der Waals surface area contributed by atoms with Gasteiger partial charge in [-0.3, -0.25) is 0 Å². The third-order valence-electron chi connectivity index (χ3n) is 4.32. The van der Waals surface area contributed by atoms with Crippen LogP contribution in [0.15, 0.2) is 18.2 Å². The second-order valence-corrected chi connectivity index (χ2v) is 6.93. The van der Waals surface area contributed by atoms with Crippen LogP contribution in [0.1, 0.15) is 45.6 Å². The molecule has 0 bridgehead atoms. The Kier molecular flexibility index (Phi) is 4.98. The minimum atomic E-state index is 0.247. The second kappa shape index (κ2) is 6.36. The smallest absolute Gasteiger partial charge is 0.120 e. The summed E-state index contributed by atoms with van der Waals surface area (Å²) in [6.07, 6.45) is 3.71. The van der Waals surface area contributed by atoms with E-state index in [0.717, 1.165) is 35.7 Å². The number of hydrogen-bond acceptors (Lipinski definition) is 2. The first-order valence-electron chi connectivity index (χ1n) is 7.60. The highest BCUT2D eigenvalue weighted by Crippen LogP contribution is 2.39. The third kappa shape index (κ3) is 3.48. The molecule has 1 fully saturated rings. The van der Waals surface area contributed by atoms with Crippen LogP contribution in [0.25, 0.3) is 0 Å². The van der Waals surface area contributed by atoms with Gasteiger partial charge in [0.2, 0.25) is 0 Å². The van der Waals surface area contributed by atoms with Crippen molar-refractivity contribution in [3.8, 4) is 5.75 Å². The van der Waals surface area contributed by atoms with E-state index in [4.69, 9.17) is 16.3 Å². The Morgan fingerprint density at radius 1 is 1.40 bits per heavy atom. The molecule has 1 aromatic rings. The molecule has 2 rings (SSSR count). The minimum absolute atomic E-state index is 0.247. The number of ether oxygens (including phenoxy) is 1. The van der Waals surface area contributed by atoms with Crippen LogP contribution in [-0.4, -0.2) is 18.7 Å². The molecule has 0 amide bonds. The second-order valence-electron chi connectivity index (χ2n) is 6.53. The Labute approximate surface area is 127 Å². The number of rotatable bonds is 5. The van der Waals surface area contributed by atoms with Crippen molar-refractivity contribution in [2.24, 2.45) is 5.41 Å². The van der Waals surface area contributed by atoms with Crippen molar-refractivity contribution in [3.05, 3.63) is 28.8 Å². The number of halogens is 1. The summed E-state index contributed by atoms with van der Waals surface area (Å²) >= 11 is 6.07. The Hall–Kier alpha value is -0.730. The van der Waals surface area contributed by atoms with E-state index in [2.05, 4.69) is 26.1 Å². The van der Waals surface area contributed by atoms with E-state index < -0.39 is 0 Å². The van der Waals surface area contributed by atoms with Gasteiger partial charge >= 0.3 is 0 Å². The maximum atomic E-state index is 6.24. The van der Waals surface area contributed by atoms with Crippen LogP contribution in [0.3, 0.4) is 0 Å². The highest BCUT2D eigenvalue weighted by molar-refractivity contribution is 6.31. The number of nitrogens with one attached hydrogen (secondary N) is 1. The van der Waals surface area contributed by atoms with Gasteiger partial charge in [0.15, 0.2) is 0 Å². The van der Waals surface area contributed by atoms with E-state index in [0.29, 0.717) is 11.5 Å². The van der Waals surface area contributed by atoms with Crippen molar-refractivity contribution in [2.75, 3.05) is 6.54 Å². The molecule has 2 atom stereocenters. The van der Waals surface area contributed by atoms with Gasteiger partial charge in [0.05, 0.1) is 0 Å². The number of hydrogen-bond donors (Lipinski definition) is 1. The molecular formula is C17H26ClNO. The van der Waals surface area contributed by atoms with Gasteiger partial charge < -0.3 is 10.1 Å². The standard InChI is InChI=1S/C17H26ClNO/c1-5-10-19-16-15(8-9-17(16,3)4)20-13-6-7-14(18)12(2)11-13/h6-7,11,15-16,19H,5,8-10H2,1-4H3. The first kappa shape index (κ1) is 15.7. The summed E-state index contributed by atoms with van der Waals surface area (Å²) in [6.45, 7) is 9.93. The van der Waals surface area contributed by atoms with Crippen LogP contribution in [-0.2, 0) is 0 Å². The molecule has 1 aliphatic carbocycles. The van der Waals surface area contributed by atoms with E-state index in [1.807, 2.05) is 25.1 Å². The zero-order valence-electron chi connectivity index (χ0n) is 13.0. The van der Waals surface area contributed by atoms with Crippen LogP contribution >= 0.6 is 11.6 Å². The van der Waals surface area contributed by atoms with E-state index >= 15 is 0 Å². The molecule has 3 heteroatoms. The lowest BCUT2D eigenvalue weighted by Crippen LogP contribution is -2.47. The largest absolute Gasteiger partial charge is 0.489 e. The van der Waals surface area contributed by atoms with Crippen LogP contribution in [0.2, 0.25) is 5.02 Å². The maximum absolute atomic E-state index is 6.24. The fourth-order valence-electron chi connectivity index (χ4n) is 3.04. The Bertz CT molecular complexity index is 458. The number of aryl methyl sites for hydroxylation is 1. The first-order valence-corrected chi connectivity index (χ1v) is 7.98. The summed E-state index contributed by atoms with van der Waals surface area (Å²) in [7, 11) is 0. The van der Waals surface area contributed by atoms with Gasteiger partial charge in [0.1, 0.15) is 11.9 Å². The van der Waals surface area contributed by atoms with Crippen molar-refractivity contribution in [2.45, 2.75) is 59.1 Å². The molecule has 0 spiro atoms. The van der Waals surface area contributed by atoms with Crippen molar-refractivity contribution >= 4 is 11.6 Å². The van der Waals surface area contributed by atoms with Gasteiger partial charge in [0.25, 0.3) is 0 Å². The van der Waals surface area contributed by atoms with Crippen molar-refractivity contribution in [1.29, 1.82) is 0 Å². The highest BCUT2D eigenvalue weighted by Gasteiger charge is 2.42. The van der Waals surface area contributed by atoms with Gasteiger partial charge in [-0.25, -0.2) is 0 Å². The van der Waals surface area contributed by atoms with Gasteiger partial charge in [-0.15, -0.1) is 0 Å².